The van der Waals surface area contributed by atoms with E-state index in [1.54, 1.807) is 13.2 Å². The van der Waals surface area contributed by atoms with E-state index in [1.807, 2.05) is 20.8 Å². The third-order valence-corrected chi connectivity index (χ3v) is 14.5. The Morgan fingerprint density at radius 2 is 1.74 bits per heavy atom. The third kappa shape index (κ3) is 3.93. The molecule has 5 aliphatic carbocycles. The van der Waals surface area contributed by atoms with Crippen molar-refractivity contribution >= 4 is 5.97 Å². The molecule has 1 aliphatic heterocycles. The first kappa shape index (κ1) is 30.8. The molecule has 1 saturated heterocycles. The maximum atomic E-state index is 12.7. The minimum atomic E-state index is -0.666. The molecule has 236 valence electrons. The molecule has 2 N–H and O–H groups in total. The Kier molecular flexibility index (Phi) is 7.26. The van der Waals surface area contributed by atoms with Gasteiger partial charge in [0.1, 0.15) is 12.2 Å². The van der Waals surface area contributed by atoms with E-state index in [2.05, 4.69) is 34.3 Å². The van der Waals surface area contributed by atoms with Crippen LogP contribution in [0.25, 0.3) is 0 Å². The van der Waals surface area contributed by atoms with Crippen molar-refractivity contribution < 1.29 is 29.2 Å². The van der Waals surface area contributed by atoms with E-state index in [9.17, 15) is 15.0 Å². The van der Waals surface area contributed by atoms with Crippen molar-refractivity contribution in [2.45, 2.75) is 137 Å². The highest BCUT2D eigenvalue weighted by molar-refractivity contribution is 5.82. The Balaban J connectivity index is 1.27. The van der Waals surface area contributed by atoms with Crippen molar-refractivity contribution in [3.05, 3.63) is 23.8 Å². The third-order valence-electron chi connectivity index (χ3n) is 14.5. The van der Waals surface area contributed by atoms with Gasteiger partial charge in [-0.3, -0.25) is 0 Å². The van der Waals surface area contributed by atoms with E-state index in [4.69, 9.17) is 14.2 Å². The topological polar surface area (TPSA) is 85.2 Å². The highest BCUT2D eigenvalue weighted by Crippen LogP contribution is 2.91. The van der Waals surface area contributed by atoms with Crippen molar-refractivity contribution in [3.63, 3.8) is 0 Å². The molecular formula is C36H56O6. The van der Waals surface area contributed by atoms with Crippen molar-refractivity contribution in [2.75, 3.05) is 7.11 Å². The van der Waals surface area contributed by atoms with Gasteiger partial charge in [0.25, 0.3) is 0 Å². The highest BCUT2D eigenvalue weighted by atomic mass is 16.7. The van der Waals surface area contributed by atoms with Gasteiger partial charge in [-0.1, -0.05) is 39.8 Å². The van der Waals surface area contributed by atoms with Crippen LogP contribution in [0.3, 0.4) is 0 Å². The van der Waals surface area contributed by atoms with Gasteiger partial charge in [0, 0.05) is 29.9 Å². The maximum Gasteiger partial charge on any atom is 0.330 e. The van der Waals surface area contributed by atoms with E-state index < -0.39 is 6.10 Å². The van der Waals surface area contributed by atoms with Crippen LogP contribution in [0, 0.1) is 50.7 Å². The minimum absolute atomic E-state index is 0.0979. The zero-order valence-corrected chi connectivity index (χ0v) is 27.4. The van der Waals surface area contributed by atoms with Gasteiger partial charge in [0.05, 0.1) is 12.2 Å². The van der Waals surface area contributed by atoms with Gasteiger partial charge < -0.3 is 24.4 Å². The summed E-state index contributed by atoms with van der Waals surface area (Å²) in [5.74, 6) is 1.24. The summed E-state index contributed by atoms with van der Waals surface area (Å²) < 4.78 is 18.3. The first-order chi connectivity index (χ1) is 19.6. The van der Waals surface area contributed by atoms with Crippen LogP contribution in [-0.2, 0) is 19.0 Å². The van der Waals surface area contributed by atoms with E-state index >= 15 is 0 Å². The van der Waals surface area contributed by atoms with Crippen molar-refractivity contribution in [2.24, 2.45) is 50.7 Å². The SMILES string of the molecule is C=C(C)[C@H](O)[C@H]1C[C@@H]([C@@H]2CC[C@]34C[C@]23CC[C@@H]2[C@@]3(C)CC[C@@H](OC(=O)C=C(C)C)C(C)(C)[C@@H]3C[C@@H](O)[C@]24C)[C@H](OC)O1. The van der Waals surface area contributed by atoms with Crippen LogP contribution in [0.1, 0.15) is 106 Å². The van der Waals surface area contributed by atoms with E-state index in [-0.39, 0.29) is 63.6 Å². The molecule has 0 unspecified atom stereocenters. The monoisotopic (exact) mass is 584 g/mol. The first-order valence-electron chi connectivity index (χ1n) is 16.6. The predicted octanol–water partition coefficient (Wildman–Crippen LogP) is 6.59. The molecule has 1 heterocycles. The molecule has 6 aliphatic rings. The highest BCUT2D eigenvalue weighted by Gasteiger charge is 2.85. The lowest BCUT2D eigenvalue weighted by molar-refractivity contribution is -0.245. The summed E-state index contributed by atoms with van der Waals surface area (Å²) >= 11 is 0. The fourth-order valence-electron chi connectivity index (χ4n) is 12.7. The fraction of sp³-hybridized carbons (Fsp3) is 0.861. The number of carbonyl (C=O) groups is 1. The standard InChI is InChI=1S/C36H56O6/c1-20(2)16-29(38)42-28-12-13-33(7)25-11-14-35-19-36(35,34(25,8)27(37)18-26(33)32(28,5)6)15-10-23(35)22-17-24(30(39)21(3)4)41-31(22)40-9/h16,22-28,30-31,37,39H,3,10-15,17-19H2,1-2,4-9H3/t22-,23-,24+,25+,26-,27+,28+,30-,31+,33+,34-,35+,36+/m0/s1. The van der Waals surface area contributed by atoms with Crippen LogP contribution in [0.15, 0.2) is 23.8 Å². The molecule has 0 aromatic rings. The lowest BCUT2D eigenvalue weighted by Crippen LogP contribution is -2.66. The molecule has 6 heteroatoms. The molecule has 6 rings (SSSR count). The lowest BCUT2D eigenvalue weighted by atomic mass is 9.37. The summed E-state index contributed by atoms with van der Waals surface area (Å²) in [6.07, 6.45) is 9.21. The zero-order valence-electron chi connectivity index (χ0n) is 27.4. The molecule has 0 amide bonds. The van der Waals surface area contributed by atoms with Crippen LogP contribution in [0.4, 0.5) is 0 Å². The van der Waals surface area contributed by atoms with Crippen LogP contribution < -0.4 is 0 Å². The van der Waals surface area contributed by atoms with Crippen LogP contribution >= 0.6 is 0 Å². The number of esters is 1. The number of hydrogen-bond donors (Lipinski definition) is 2. The number of ether oxygens (including phenoxy) is 3. The lowest BCUT2D eigenvalue weighted by Gasteiger charge is -2.68. The summed E-state index contributed by atoms with van der Waals surface area (Å²) in [6.45, 7) is 19.2. The van der Waals surface area contributed by atoms with Gasteiger partial charge in [-0.05, 0) is 118 Å². The van der Waals surface area contributed by atoms with E-state index in [0.29, 0.717) is 17.8 Å². The van der Waals surface area contributed by atoms with E-state index in [1.165, 1.54) is 12.8 Å². The average Bonchev–Trinajstić information content (AvgIpc) is 3.23. The molecule has 0 aromatic heterocycles. The van der Waals surface area contributed by atoms with Crippen LogP contribution in [0.2, 0.25) is 0 Å². The minimum Gasteiger partial charge on any atom is -0.459 e. The molecule has 5 saturated carbocycles. The molecule has 0 spiro atoms. The molecule has 0 aromatic carbocycles. The van der Waals surface area contributed by atoms with E-state index in [0.717, 1.165) is 56.1 Å². The number of allylic oxidation sites excluding steroid dienone is 1. The fourth-order valence-corrected chi connectivity index (χ4v) is 12.7. The number of aliphatic hydroxyl groups excluding tert-OH is 2. The van der Waals surface area contributed by atoms with Gasteiger partial charge in [0.2, 0.25) is 0 Å². The van der Waals surface area contributed by atoms with Crippen LogP contribution in [0.5, 0.6) is 0 Å². The number of carbonyl (C=O) groups excluding carboxylic acids is 1. The number of fused-ring (bicyclic) bond motifs is 3. The Hall–Kier alpha value is -1.21. The normalized spacial score (nSPS) is 50.9. The summed E-state index contributed by atoms with van der Waals surface area (Å²) in [5, 5.41) is 23.1. The average molecular weight is 585 g/mol. The second-order valence-corrected chi connectivity index (χ2v) is 16.7. The number of aliphatic hydroxyl groups is 2. The maximum absolute atomic E-state index is 12.7. The summed E-state index contributed by atoms with van der Waals surface area (Å²) in [6, 6.07) is 0. The Morgan fingerprint density at radius 1 is 1.02 bits per heavy atom. The number of hydrogen-bond acceptors (Lipinski definition) is 6. The Morgan fingerprint density at radius 3 is 2.38 bits per heavy atom. The van der Waals surface area contributed by atoms with Gasteiger partial charge in [-0.15, -0.1) is 0 Å². The molecule has 0 bridgehead atoms. The first-order valence-corrected chi connectivity index (χ1v) is 16.6. The molecule has 42 heavy (non-hydrogen) atoms. The second-order valence-electron chi connectivity index (χ2n) is 16.7. The molecular weight excluding hydrogens is 528 g/mol. The number of methoxy groups -OCH3 is 1. The van der Waals surface area contributed by atoms with Gasteiger partial charge in [-0.25, -0.2) is 4.79 Å². The number of rotatable bonds is 6. The van der Waals surface area contributed by atoms with Crippen molar-refractivity contribution in [1.29, 1.82) is 0 Å². The quantitative estimate of drug-likeness (QED) is 0.208. The second kappa shape index (κ2) is 9.89. The smallest absolute Gasteiger partial charge is 0.330 e. The predicted molar refractivity (Wildman–Crippen MR) is 162 cm³/mol. The van der Waals surface area contributed by atoms with Crippen molar-refractivity contribution in [3.8, 4) is 0 Å². The molecule has 6 fully saturated rings. The van der Waals surface area contributed by atoms with Crippen molar-refractivity contribution in [1.82, 2.24) is 0 Å². The van der Waals surface area contributed by atoms with Gasteiger partial charge in [0.15, 0.2) is 6.29 Å². The summed E-state index contributed by atoms with van der Waals surface area (Å²) in [5.41, 5.74) is 1.83. The molecule has 0 radical (unpaired) electrons. The summed E-state index contributed by atoms with van der Waals surface area (Å²) in [7, 11) is 1.74. The van der Waals surface area contributed by atoms with Crippen LogP contribution in [-0.4, -0.2) is 54.0 Å². The summed E-state index contributed by atoms with van der Waals surface area (Å²) in [4.78, 5) is 12.7. The Labute approximate surface area is 253 Å². The molecule has 13 atom stereocenters. The Bertz CT molecular complexity index is 1160. The largest absolute Gasteiger partial charge is 0.459 e. The van der Waals surface area contributed by atoms with Gasteiger partial charge in [-0.2, -0.15) is 0 Å². The molecule has 6 nitrogen and oxygen atoms in total. The zero-order chi connectivity index (χ0) is 30.6. The van der Waals surface area contributed by atoms with Gasteiger partial charge >= 0.3 is 5.97 Å².